The summed E-state index contributed by atoms with van der Waals surface area (Å²) in [5, 5.41) is 4.06. The molecule has 0 N–H and O–H groups in total. The van der Waals surface area contributed by atoms with Gasteiger partial charge in [-0.25, -0.2) is 0 Å². The highest BCUT2D eigenvalue weighted by Gasteiger charge is 2.27. The molecule has 2 aliphatic rings. The van der Waals surface area contributed by atoms with Crippen LogP contribution in [0.25, 0.3) is 22.8 Å². The van der Waals surface area contributed by atoms with E-state index < -0.39 is 0 Å². The number of likely N-dealkylation sites (tertiary alicyclic amines) is 2. The maximum absolute atomic E-state index is 12.6. The van der Waals surface area contributed by atoms with Gasteiger partial charge >= 0.3 is 0 Å². The molecule has 0 radical (unpaired) electrons. The largest absolute Gasteiger partial charge is 0.484 e. The van der Waals surface area contributed by atoms with Gasteiger partial charge in [-0.05, 0) is 63.0 Å². The normalized spacial score (nSPS) is 17.8. The Hall–Kier alpha value is -3.19. The third-order valence-corrected chi connectivity index (χ3v) is 6.65. The fourth-order valence-electron chi connectivity index (χ4n) is 4.74. The lowest BCUT2D eigenvalue weighted by atomic mass is 10.00. The SMILES string of the molecule is O=C(COc1ccc(-c2nc(-c3ccccc3)no2)cc1)N1CCC(N2CCCCC2)CC1. The van der Waals surface area contributed by atoms with Crippen molar-refractivity contribution in [3.05, 3.63) is 54.6 Å². The Labute approximate surface area is 194 Å². The Kier molecular flexibility index (Phi) is 6.67. The molecule has 1 amide bonds. The van der Waals surface area contributed by atoms with Crippen LogP contribution in [0.2, 0.25) is 0 Å². The minimum Gasteiger partial charge on any atom is -0.484 e. The first-order valence-corrected chi connectivity index (χ1v) is 11.9. The fourth-order valence-corrected chi connectivity index (χ4v) is 4.74. The molecule has 0 aliphatic carbocycles. The number of hydrogen-bond acceptors (Lipinski definition) is 6. The van der Waals surface area contributed by atoms with Crippen LogP contribution in [0.4, 0.5) is 0 Å². The standard InChI is InChI=1S/C26H30N4O3/c31-24(30-17-13-22(14-18-30)29-15-5-2-6-16-29)19-32-23-11-9-21(10-12-23)26-27-25(28-33-26)20-7-3-1-4-8-20/h1,3-4,7-12,22H,2,5-6,13-19H2. The summed E-state index contributed by atoms with van der Waals surface area (Å²) in [6, 6.07) is 17.7. The van der Waals surface area contributed by atoms with Crippen molar-refractivity contribution in [3.63, 3.8) is 0 Å². The van der Waals surface area contributed by atoms with Crippen molar-refractivity contribution in [2.24, 2.45) is 0 Å². The van der Waals surface area contributed by atoms with Crippen molar-refractivity contribution in [3.8, 4) is 28.6 Å². The predicted octanol–water partition coefficient (Wildman–Crippen LogP) is 4.26. The van der Waals surface area contributed by atoms with Crippen molar-refractivity contribution < 1.29 is 14.1 Å². The number of carbonyl (C=O) groups is 1. The molecule has 3 heterocycles. The van der Waals surface area contributed by atoms with Crippen molar-refractivity contribution in [1.29, 1.82) is 0 Å². The van der Waals surface area contributed by atoms with Crippen molar-refractivity contribution in [2.75, 3.05) is 32.8 Å². The molecule has 0 saturated carbocycles. The van der Waals surface area contributed by atoms with E-state index in [-0.39, 0.29) is 12.5 Å². The Morgan fingerprint density at radius 2 is 1.64 bits per heavy atom. The Morgan fingerprint density at radius 1 is 0.909 bits per heavy atom. The van der Waals surface area contributed by atoms with Gasteiger partial charge < -0.3 is 19.1 Å². The third-order valence-electron chi connectivity index (χ3n) is 6.65. The number of aromatic nitrogens is 2. The molecule has 172 valence electrons. The molecule has 0 bridgehead atoms. The number of amides is 1. The Morgan fingerprint density at radius 3 is 2.36 bits per heavy atom. The van der Waals surface area contributed by atoms with Gasteiger partial charge in [0.25, 0.3) is 11.8 Å². The van der Waals surface area contributed by atoms with Crippen LogP contribution < -0.4 is 4.74 Å². The van der Waals surface area contributed by atoms with Crippen LogP contribution in [0.3, 0.4) is 0 Å². The van der Waals surface area contributed by atoms with E-state index in [1.54, 1.807) is 0 Å². The van der Waals surface area contributed by atoms with Crippen LogP contribution in [0.1, 0.15) is 32.1 Å². The predicted molar refractivity (Wildman–Crippen MR) is 126 cm³/mol. The molecule has 33 heavy (non-hydrogen) atoms. The van der Waals surface area contributed by atoms with Crippen molar-refractivity contribution >= 4 is 5.91 Å². The average Bonchev–Trinajstić information content (AvgIpc) is 3.39. The second kappa shape index (κ2) is 10.2. The quantitative estimate of drug-likeness (QED) is 0.563. The second-order valence-corrected chi connectivity index (χ2v) is 8.81. The molecule has 3 aromatic rings. The van der Waals surface area contributed by atoms with Gasteiger partial charge in [0, 0.05) is 30.3 Å². The lowest BCUT2D eigenvalue weighted by Gasteiger charge is -2.40. The van der Waals surface area contributed by atoms with Crippen LogP contribution in [0, 0.1) is 0 Å². The Balaban J connectivity index is 1.11. The molecule has 2 aromatic carbocycles. The van der Waals surface area contributed by atoms with E-state index in [2.05, 4.69) is 15.0 Å². The minimum atomic E-state index is 0.0561. The third kappa shape index (κ3) is 5.25. The first-order chi connectivity index (χ1) is 16.3. The molecule has 0 atom stereocenters. The van der Waals surface area contributed by atoms with Gasteiger partial charge in [0.1, 0.15) is 5.75 Å². The molecule has 5 rings (SSSR count). The monoisotopic (exact) mass is 446 g/mol. The number of rotatable bonds is 6. The first-order valence-electron chi connectivity index (χ1n) is 11.9. The number of ether oxygens (including phenoxy) is 1. The molecule has 0 spiro atoms. The van der Waals surface area contributed by atoms with Gasteiger partial charge in [-0.15, -0.1) is 0 Å². The summed E-state index contributed by atoms with van der Waals surface area (Å²) in [6.45, 7) is 4.14. The van der Waals surface area contributed by atoms with Crippen LogP contribution in [-0.2, 0) is 4.79 Å². The number of piperidine rings is 2. The molecule has 7 heteroatoms. The van der Waals surface area contributed by atoms with Crippen LogP contribution in [0.5, 0.6) is 5.75 Å². The van der Waals surface area contributed by atoms with E-state index in [0.29, 0.717) is 23.5 Å². The number of nitrogens with zero attached hydrogens (tertiary/aromatic N) is 4. The smallest absolute Gasteiger partial charge is 0.260 e. The molecular weight excluding hydrogens is 416 g/mol. The molecule has 0 unspecified atom stereocenters. The number of benzene rings is 2. The van der Waals surface area contributed by atoms with Gasteiger partial charge in [-0.2, -0.15) is 4.98 Å². The average molecular weight is 447 g/mol. The molecule has 2 saturated heterocycles. The first kappa shape index (κ1) is 21.6. The molecular formula is C26H30N4O3. The summed E-state index contributed by atoms with van der Waals surface area (Å²) in [5.41, 5.74) is 1.72. The molecule has 1 aromatic heterocycles. The maximum Gasteiger partial charge on any atom is 0.260 e. The summed E-state index contributed by atoms with van der Waals surface area (Å²) >= 11 is 0. The van der Waals surface area contributed by atoms with Crippen molar-refractivity contribution in [1.82, 2.24) is 19.9 Å². The highest BCUT2D eigenvalue weighted by molar-refractivity contribution is 5.78. The second-order valence-electron chi connectivity index (χ2n) is 8.81. The summed E-state index contributed by atoms with van der Waals surface area (Å²) in [6.07, 6.45) is 6.11. The van der Waals surface area contributed by atoms with E-state index in [1.165, 1.54) is 32.4 Å². The van der Waals surface area contributed by atoms with Gasteiger partial charge in [-0.3, -0.25) is 4.79 Å². The highest BCUT2D eigenvalue weighted by atomic mass is 16.5. The maximum atomic E-state index is 12.6. The fraction of sp³-hybridized carbons (Fsp3) is 0.423. The Bertz CT molecular complexity index is 1040. The van der Waals surface area contributed by atoms with Crippen LogP contribution in [0.15, 0.2) is 59.1 Å². The van der Waals surface area contributed by atoms with Gasteiger partial charge in [0.05, 0.1) is 0 Å². The zero-order valence-electron chi connectivity index (χ0n) is 18.9. The summed E-state index contributed by atoms with van der Waals surface area (Å²) < 4.78 is 11.2. The van der Waals surface area contributed by atoms with Crippen molar-refractivity contribution in [2.45, 2.75) is 38.1 Å². The zero-order valence-corrected chi connectivity index (χ0v) is 18.9. The van der Waals surface area contributed by atoms with E-state index in [4.69, 9.17) is 9.26 Å². The van der Waals surface area contributed by atoms with E-state index in [0.717, 1.165) is 37.1 Å². The minimum absolute atomic E-state index is 0.0561. The number of hydrogen-bond donors (Lipinski definition) is 0. The molecule has 7 nitrogen and oxygen atoms in total. The molecule has 2 aliphatic heterocycles. The number of carbonyl (C=O) groups excluding carboxylic acids is 1. The molecule has 2 fully saturated rings. The van der Waals surface area contributed by atoms with E-state index in [9.17, 15) is 4.79 Å². The summed E-state index contributed by atoms with van der Waals surface area (Å²) in [5.74, 6) is 1.72. The van der Waals surface area contributed by atoms with Crippen LogP contribution >= 0.6 is 0 Å². The summed E-state index contributed by atoms with van der Waals surface area (Å²) in [4.78, 5) is 21.7. The highest BCUT2D eigenvalue weighted by Crippen LogP contribution is 2.25. The lowest BCUT2D eigenvalue weighted by molar-refractivity contribution is -0.135. The summed E-state index contributed by atoms with van der Waals surface area (Å²) in [7, 11) is 0. The van der Waals surface area contributed by atoms with Crippen LogP contribution in [-0.4, -0.2) is 64.7 Å². The zero-order chi connectivity index (χ0) is 22.5. The lowest BCUT2D eigenvalue weighted by Crippen LogP contribution is -2.49. The topological polar surface area (TPSA) is 71.7 Å². The van der Waals surface area contributed by atoms with E-state index >= 15 is 0 Å². The van der Waals surface area contributed by atoms with Gasteiger partial charge in [0.2, 0.25) is 5.82 Å². The van der Waals surface area contributed by atoms with E-state index in [1.807, 2.05) is 59.5 Å². The van der Waals surface area contributed by atoms with Gasteiger partial charge in [0.15, 0.2) is 6.61 Å². The van der Waals surface area contributed by atoms with Gasteiger partial charge in [-0.1, -0.05) is 41.9 Å².